The van der Waals surface area contributed by atoms with E-state index in [1.54, 1.807) is 36.3 Å². The molecule has 0 spiro atoms. The average molecular weight is 471 g/mol. The second kappa shape index (κ2) is 9.73. The number of hydrogen-bond acceptors (Lipinski definition) is 5. The molecule has 0 bridgehead atoms. The van der Waals surface area contributed by atoms with Gasteiger partial charge in [-0.25, -0.2) is 0 Å². The van der Waals surface area contributed by atoms with Gasteiger partial charge in [0.05, 0.1) is 31.4 Å². The fourth-order valence-corrected chi connectivity index (χ4v) is 5.12. The van der Waals surface area contributed by atoms with Gasteiger partial charge in [-0.15, -0.1) is 11.3 Å². The molecule has 1 N–H and O–H groups in total. The number of hydrogen-bond donors (Lipinski definition) is 1. The zero-order valence-corrected chi connectivity index (χ0v) is 19.3. The average Bonchev–Trinajstić information content (AvgIpc) is 3.33. The van der Waals surface area contributed by atoms with E-state index in [9.17, 15) is 9.59 Å². The Morgan fingerprint density at radius 1 is 1.16 bits per heavy atom. The van der Waals surface area contributed by atoms with Crippen molar-refractivity contribution in [3.63, 3.8) is 0 Å². The molecule has 2 aromatic carbocycles. The van der Waals surface area contributed by atoms with Gasteiger partial charge in [0.25, 0.3) is 5.91 Å². The lowest BCUT2D eigenvalue weighted by Crippen LogP contribution is -2.47. The second-order valence-electron chi connectivity index (χ2n) is 7.35. The van der Waals surface area contributed by atoms with E-state index in [4.69, 9.17) is 21.1 Å². The number of fused-ring (bicyclic) bond motifs is 1. The molecule has 6 nitrogen and oxygen atoms in total. The Morgan fingerprint density at radius 2 is 1.97 bits per heavy atom. The monoisotopic (exact) mass is 470 g/mol. The van der Waals surface area contributed by atoms with Gasteiger partial charge in [0, 0.05) is 29.1 Å². The van der Waals surface area contributed by atoms with Crippen LogP contribution in [0.25, 0.3) is 0 Å². The van der Waals surface area contributed by atoms with E-state index in [-0.39, 0.29) is 11.8 Å². The van der Waals surface area contributed by atoms with Crippen LogP contribution in [0.4, 0.5) is 5.69 Å². The van der Waals surface area contributed by atoms with E-state index < -0.39 is 12.0 Å². The van der Waals surface area contributed by atoms with Gasteiger partial charge in [0.15, 0.2) is 0 Å². The number of ether oxygens (including phenoxy) is 2. The van der Waals surface area contributed by atoms with Crippen LogP contribution in [0.15, 0.2) is 60.0 Å². The Labute approximate surface area is 195 Å². The first-order chi connectivity index (χ1) is 15.5. The molecular weight excluding hydrogens is 448 g/mol. The van der Waals surface area contributed by atoms with Crippen molar-refractivity contribution in [3.05, 3.63) is 81.0 Å². The molecule has 0 aliphatic carbocycles. The van der Waals surface area contributed by atoms with Gasteiger partial charge in [-0.2, -0.15) is 0 Å². The summed E-state index contributed by atoms with van der Waals surface area (Å²) in [7, 11) is 3.13. The van der Waals surface area contributed by atoms with Crippen LogP contribution in [0.1, 0.15) is 32.8 Å². The third-order valence-electron chi connectivity index (χ3n) is 5.51. The van der Waals surface area contributed by atoms with Crippen molar-refractivity contribution < 1.29 is 19.1 Å². The fraction of sp³-hybridized carbons (Fsp3) is 0.250. The van der Waals surface area contributed by atoms with Crippen LogP contribution in [0.2, 0.25) is 5.02 Å². The normalized spacial score (nSPS) is 17.7. The van der Waals surface area contributed by atoms with Crippen LogP contribution in [0, 0.1) is 0 Å². The minimum atomic E-state index is -0.622. The summed E-state index contributed by atoms with van der Waals surface area (Å²) in [4.78, 5) is 29.8. The van der Waals surface area contributed by atoms with Crippen LogP contribution in [-0.2, 0) is 9.53 Å². The number of rotatable bonds is 7. The molecule has 8 heteroatoms. The lowest BCUT2D eigenvalue weighted by molar-refractivity contribution is -0.119. The number of benzene rings is 2. The molecule has 0 radical (unpaired) electrons. The van der Waals surface area contributed by atoms with Gasteiger partial charge in [0.2, 0.25) is 5.91 Å². The first-order valence-electron chi connectivity index (χ1n) is 10.1. The van der Waals surface area contributed by atoms with Crippen molar-refractivity contribution >= 4 is 40.4 Å². The summed E-state index contributed by atoms with van der Waals surface area (Å²) in [6.07, 6.45) is 0. The molecule has 2 amide bonds. The molecule has 2 atom stereocenters. The zero-order chi connectivity index (χ0) is 22.7. The number of thiophene rings is 1. The maximum Gasteiger partial charge on any atom is 0.254 e. The Balaban J connectivity index is 1.81. The molecule has 32 heavy (non-hydrogen) atoms. The first kappa shape index (κ1) is 22.3. The molecule has 2 heterocycles. The Hall–Kier alpha value is -2.87. The summed E-state index contributed by atoms with van der Waals surface area (Å²) in [5.41, 5.74) is 1.70. The number of halogens is 1. The van der Waals surface area contributed by atoms with Crippen LogP contribution in [0.3, 0.4) is 0 Å². The third-order valence-corrected chi connectivity index (χ3v) is 6.69. The van der Waals surface area contributed by atoms with Crippen LogP contribution in [0.5, 0.6) is 5.75 Å². The Bertz CT molecular complexity index is 1120. The minimum Gasteiger partial charge on any atom is -0.495 e. The summed E-state index contributed by atoms with van der Waals surface area (Å²) in [5.74, 6) is -0.471. The summed E-state index contributed by atoms with van der Waals surface area (Å²) >= 11 is 7.68. The lowest BCUT2D eigenvalue weighted by atomic mass is 9.81. The zero-order valence-electron chi connectivity index (χ0n) is 17.7. The first-order valence-corrected chi connectivity index (χ1v) is 11.4. The van der Waals surface area contributed by atoms with E-state index in [2.05, 4.69) is 5.32 Å². The maximum absolute atomic E-state index is 13.8. The molecule has 1 aliphatic heterocycles. The molecule has 3 aromatic rings. The minimum absolute atomic E-state index is 0.111. The maximum atomic E-state index is 13.8. The molecule has 0 saturated heterocycles. The van der Waals surface area contributed by atoms with Gasteiger partial charge in [0.1, 0.15) is 5.75 Å². The summed E-state index contributed by atoms with van der Waals surface area (Å²) in [5, 5.41) is 5.41. The molecule has 0 saturated carbocycles. The highest BCUT2D eigenvalue weighted by Gasteiger charge is 2.44. The van der Waals surface area contributed by atoms with E-state index >= 15 is 0 Å². The summed E-state index contributed by atoms with van der Waals surface area (Å²) in [6.45, 7) is 0.739. The molecular formula is C24H23ClN2O4S. The quantitative estimate of drug-likeness (QED) is 0.529. The highest BCUT2D eigenvalue weighted by atomic mass is 35.5. The van der Waals surface area contributed by atoms with Gasteiger partial charge >= 0.3 is 0 Å². The third kappa shape index (κ3) is 4.24. The van der Waals surface area contributed by atoms with Gasteiger partial charge in [-0.05, 0) is 41.3 Å². The van der Waals surface area contributed by atoms with E-state index in [0.29, 0.717) is 40.7 Å². The van der Waals surface area contributed by atoms with Gasteiger partial charge in [-0.1, -0.05) is 35.9 Å². The van der Waals surface area contributed by atoms with Gasteiger partial charge in [-0.3, -0.25) is 9.59 Å². The summed E-state index contributed by atoms with van der Waals surface area (Å²) in [6, 6.07) is 15.8. The highest BCUT2D eigenvalue weighted by molar-refractivity contribution is 7.10. The predicted molar refractivity (Wildman–Crippen MR) is 126 cm³/mol. The lowest BCUT2D eigenvalue weighted by Gasteiger charge is -2.41. The molecule has 166 valence electrons. The second-order valence-corrected chi connectivity index (χ2v) is 8.77. The van der Waals surface area contributed by atoms with Crippen molar-refractivity contribution in [1.29, 1.82) is 0 Å². The largest absolute Gasteiger partial charge is 0.495 e. The predicted octanol–water partition coefficient (Wildman–Crippen LogP) is 4.98. The van der Waals surface area contributed by atoms with Gasteiger partial charge < -0.3 is 19.7 Å². The Morgan fingerprint density at radius 3 is 2.69 bits per heavy atom. The molecule has 0 unspecified atom stereocenters. The van der Waals surface area contributed by atoms with Crippen molar-refractivity contribution in [2.24, 2.45) is 0 Å². The molecule has 1 aliphatic rings. The number of methoxy groups -OCH3 is 2. The summed E-state index contributed by atoms with van der Waals surface area (Å²) < 4.78 is 10.7. The van der Waals surface area contributed by atoms with Crippen LogP contribution >= 0.6 is 22.9 Å². The number of carbonyl (C=O) groups excluding carboxylic acids is 2. The highest BCUT2D eigenvalue weighted by Crippen LogP contribution is 2.45. The molecule has 1 aromatic heterocycles. The number of amides is 2. The number of nitrogens with one attached hydrogen (secondary N) is 1. The van der Waals surface area contributed by atoms with Crippen molar-refractivity contribution in [3.8, 4) is 5.75 Å². The van der Waals surface area contributed by atoms with E-state index in [1.165, 1.54) is 18.4 Å². The van der Waals surface area contributed by atoms with Crippen LogP contribution < -0.4 is 10.1 Å². The smallest absolute Gasteiger partial charge is 0.254 e. The van der Waals surface area contributed by atoms with Crippen molar-refractivity contribution in [2.45, 2.75) is 12.0 Å². The molecule has 0 fully saturated rings. The van der Waals surface area contributed by atoms with Crippen LogP contribution in [-0.4, -0.2) is 44.1 Å². The molecule has 4 rings (SSSR count). The topological polar surface area (TPSA) is 67.9 Å². The fourth-order valence-electron chi connectivity index (χ4n) is 4.07. The Kier molecular flexibility index (Phi) is 6.79. The van der Waals surface area contributed by atoms with Crippen molar-refractivity contribution in [1.82, 2.24) is 4.90 Å². The SMILES string of the molecule is COCCN1C(=O)c2ccccc2[C@@H](C(=O)Nc2cc(Cl)ccc2OC)[C@@H]1c1cccs1. The number of nitrogens with zero attached hydrogens (tertiary/aromatic N) is 1. The van der Waals surface area contributed by atoms with E-state index in [0.717, 1.165) is 4.88 Å². The number of anilines is 1. The van der Waals surface area contributed by atoms with E-state index in [1.807, 2.05) is 35.7 Å². The standard InChI is InChI=1S/C24H23ClN2O4S/c1-30-12-11-27-22(20-8-5-13-32-20)21(16-6-3-4-7-17(16)24(27)29)23(28)26-18-14-15(25)9-10-19(18)31-2/h3-10,13-14,21-22H,11-12H2,1-2H3,(H,26,28)/t21-,22+/m1/s1. The number of carbonyl (C=O) groups is 2. The van der Waals surface area contributed by atoms with Crippen molar-refractivity contribution in [2.75, 3.05) is 32.7 Å².